The fourth-order valence-electron chi connectivity index (χ4n) is 2.66. The first kappa shape index (κ1) is 20.0. The summed E-state index contributed by atoms with van der Waals surface area (Å²) < 4.78 is 6.07. The van der Waals surface area contributed by atoms with Crippen molar-refractivity contribution in [1.82, 2.24) is 5.32 Å². The van der Waals surface area contributed by atoms with Crippen LogP contribution in [0.4, 0.5) is 4.79 Å². The number of alkyl carbamates (subject to hydrolysis) is 1. The summed E-state index contributed by atoms with van der Waals surface area (Å²) in [5, 5.41) is 12.3. The summed E-state index contributed by atoms with van der Waals surface area (Å²) in [4.78, 5) is 24.2. The summed E-state index contributed by atoms with van der Waals surface area (Å²) >= 11 is 3.42. The highest BCUT2D eigenvalue weighted by molar-refractivity contribution is 9.10. The Morgan fingerprint density at radius 3 is 2.19 bits per heavy atom. The molecular formula is C20H22BrNO4. The number of nitrogens with one attached hydrogen (secondary N) is 1. The minimum Gasteiger partial charge on any atom is -0.480 e. The molecule has 5 nitrogen and oxygen atoms in total. The van der Waals surface area contributed by atoms with Gasteiger partial charge in [-0.05, 0) is 44.0 Å². The Kier molecular flexibility index (Phi) is 6.42. The lowest BCUT2D eigenvalue weighted by Crippen LogP contribution is -2.47. The standard InChI is InChI=1S/C20H22BrNO4/c1-20(2,3)26-19(25)22-17(18(23)24)16(13-8-5-4-6-9-13)14-10-7-11-15(21)12-14/h4-12,16-17H,1-3H3,(H,22,25)(H,23,24). The van der Waals surface area contributed by atoms with Gasteiger partial charge in [-0.15, -0.1) is 0 Å². The first-order valence-corrected chi connectivity index (χ1v) is 8.99. The van der Waals surface area contributed by atoms with E-state index in [9.17, 15) is 14.7 Å². The molecule has 0 aromatic heterocycles. The molecule has 0 saturated heterocycles. The molecule has 26 heavy (non-hydrogen) atoms. The van der Waals surface area contributed by atoms with E-state index in [1.165, 1.54) is 0 Å². The minimum atomic E-state index is -1.18. The Morgan fingerprint density at radius 2 is 1.65 bits per heavy atom. The van der Waals surface area contributed by atoms with Crippen LogP contribution >= 0.6 is 15.9 Å². The molecule has 0 radical (unpaired) electrons. The smallest absolute Gasteiger partial charge is 0.408 e. The quantitative estimate of drug-likeness (QED) is 0.744. The average molecular weight is 420 g/mol. The topological polar surface area (TPSA) is 75.6 Å². The average Bonchev–Trinajstić information content (AvgIpc) is 2.53. The highest BCUT2D eigenvalue weighted by Crippen LogP contribution is 2.30. The number of carboxylic acid groups (broad SMARTS) is 1. The lowest BCUT2D eigenvalue weighted by Gasteiger charge is -2.27. The van der Waals surface area contributed by atoms with Crippen molar-refractivity contribution in [2.45, 2.75) is 38.3 Å². The fourth-order valence-corrected chi connectivity index (χ4v) is 3.08. The molecule has 0 fully saturated rings. The Bertz CT molecular complexity index is 771. The molecule has 0 bridgehead atoms. The van der Waals surface area contributed by atoms with Crippen LogP contribution in [0, 0.1) is 0 Å². The van der Waals surface area contributed by atoms with Crippen LogP contribution in [-0.2, 0) is 9.53 Å². The second kappa shape index (κ2) is 8.36. The van der Waals surface area contributed by atoms with Gasteiger partial charge in [0.25, 0.3) is 0 Å². The van der Waals surface area contributed by atoms with Gasteiger partial charge in [0, 0.05) is 10.4 Å². The van der Waals surface area contributed by atoms with E-state index in [0.29, 0.717) is 0 Å². The Balaban J connectivity index is 2.43. The van der Waals surface area contributed by atoms with Crippen LogP contribution in [0.25, 0.3) is 0 Å². The van der Waals surface area contributed by atoms with E-state index >= 15 is 0 Å². The van der Waals surface area contributed by atoms with Crippen molar-refractivity contribution in [3.05, 3.63) is 70.2 Å². The van der Waals surface area contributed by atoms with E-state index in [-0.39, 0.29) is 0 Å². The van der Waals surface area contributed by atoms with Crippen LogP contribution in [0.1, 0.15) is 37.8 Å². The van der Waals surface area contributed by atoms with Gasteiger partial charge in [0.2, 0.25) is 0 Å². The second-order valence-corrected chi connectivity index (χ2v) is 7.82. The summed E-state index contributed by atoms with van der Waals surface area (Å²) in [7, 11) is 0. The first-order valence-electron chi connectivity index (χ1n) is 8.20. The van der Waals surface area contributed by atoms with Crippen LogP contribution in [0.3, 0.4) is 0 Å². The minimum absolute atomic E-state index is 0.571. The monoisotopic (exact) mass is 419 g/mol. The Labute approximate surface area is 161 Å². The predicted octanol–water partition coefficient (Wildman–Crippen LogP) is 4.56. The molecule has 0 aliphatic heterocycles. The molecule has 2 N–H and O–H groups in total. The summed E-state index contributed by atoms with van der Waals surface area (Å²) in [6.45, 7) is 5.18. The van der Waals surface area contributed by atoms with Gasteiger partial charge in [-0.1, -0.05) is 58.4 Å². The number of ether oxygens (including phenoxy) is 1. The number of hydrogen-bond acceptors (Lipinski definition) is 3. The van der Waals surface area contributed by atoms with Crippen LogP contribution < -0.4 is 5.32 Å². The second-order valence-electron chi connectivity index (χ2n) is 6.91. The fraction of sp³-hybridized carbons (Fsp3) is 0.300. The van der Waals surface area contributed by atoms with Gasteiger partial charge in [-0.2, -0.15) is 0 Å². The molecular weight excluding hydrogens is 398 g/mol. The highest BCUT2D eigenvalue weighted by atomic mass is 79.9. The van der Waals surface area contributed by atoms with Crippen molar-refractivity contribution in [2.24, 2.45) is 0 Å². The number of carbonyl (C=O) groups excluding carboxylic acids is 1. The maximum absolute atomic E-state index is 12.2. The van der Waals surface area contributed by atoms with Crippen molar-refractivity contribution in [1.29, 1.82) is 0 Å². The van der Waals surface area contributed by atoms with Gasteiger partial charge < -0.3 is 15.2 Å². The van der Waals surface area contributed by atoms with Crippen LogP contribution in [0.5, 0.6) is 0 Å². The van der Waals surface area contributed by atoms with E-state index in [1.54, 1.807) is 20.8 Å². The number of benzene rings is 2. The van der Waals surface area contributed by atoms with Gasteiger partial charge in [0.1, 0.15) is 11.6 Å². The zero-order chi connectivity index (χ0) is 19.3. The summed E-state index contributed by atoms with van der Waals surface area (Å²) in [5.74, 6) is -1.71. The molecule has 0 aliphatic carbocycles. The summed E-state index contributed by atoms with van der Waals surface area (Å²) in [6.07, 6.45) is -0.763. The predicted molar refractivity (Wildman–Crippen MR) is 103 cm³/mol. The van der Waals surface area contributed by atoms with Gasteiger partial charge in [0.15, 0.2) is 0 Å². The van der Waals surface area contributed by atoms with Crippen molar-refractivity contribution in [3.63, 3.8) is 0 Å². The van der Waals surface area contributed by atoms with Crippen molar-refractivity contribution in [2.75, 3.05) is 0 Å². The molecule has 2 aromatic rings. The third-order valence-electron chi connectivity index (χ3n) is 3.64. The molecule has 2 rings (SSSR count). The molecule has 0 heterocycles. The van der Waals surface area contributed by atoms with Crippen LogP contribution in [0.15, 0.2) is 59.1 Å². The Morgan fingerprint density at radius 1 is 1.04 bits per heavy atom. The molecule has 0 saturated carbocycles. The van der Waals surface area contributed by atoms with Crippen LogP contribution in [-0.4, -0.2) is 28.8 Å². The molecule has 0 aliphatic rings. The SMILES string of the molecule is CC(C)(C)OC(=O)NC(C(=O)O)C(c1ccccc1)c1cccc(Br)c1. The summed E-state index contributed by atoms with van der Waals surface area (Å²) in [5.41, 5.74) is 0.841. The molecule has 6 heteroatoms. The highest BCUT2D eigenvalue weighted by Gasteiger charge is 2.33. The maximum atomic E-state index is 12.2. The third kappa shape index (κ3) is 5.59. The molecule has 0 spiro atoms. The molecule has 2 aromatic carbocycles. The number of hydrogen-bond donors (Lipinski definition) is 2. The third-order valence-corrected chi connectivity index (χ3v) is 4.13. The lowest BCUT2D eigenvalue weighted by molar-refractivity contribution is -0.139. The van der Waals surface area contributed by atoms with Gasteiger partial charge in [-0.3, -0.25) is 0 Å². The zero-order valence-corrected chi connectivity index (χ0v) is 16.5. The zero-order valence-electron chi connectivity index (χ0n) is 14.9. The van der Waals surface area contributed by atoms with Gasteiger partial charge in [0.05, 0.1) is 0 Å². The molecule has 1 amide bonds. The number of amides is 1. The van der Waals surface area contributed by atoms with Crippen LogP contribution in [0.2, 0.25) is 0 Å². The van der Waals surface area contributed by atoms with Crippen molar-refractivity contribution < 1.29 is 19.4 Å². The van der Waals surface area contributed by atoms with Crippen molar-refractivity contribution in [3.8, 4) is 0 Å². The summed E-state index contributed by atoms with van der Waals surface area (Å²) in [6, 6.07) is 15.4. The van der Waals surface area contributed by atoms with Gasteiger partial charge in [-0.25, -0.2) is 9.59 Å². The van der Waals surface area contributed by atoms with Gasteiger partial charge >= 0.3 is 12.1 Å². The number of carboxylic acids is 1. The lowest BCUT2D eigenvalue weighted by atomic mass is 9.85. The first-order chi connectivity index (χ1) is 12.2. The maximum Gasteiger partial charge on any atom is 0.408 e. The number of rotatable bonds is 5. The molecule has 2 atom stereocenters. The number of halogens is 1. The van der Waals surface area contributed by atoms with E-state index < -0.39 is 29.6 Å². The molecule has 138 valence electrons. The number of aliphatic carboxylic acids is 1. The van der Waals surface area contributed by atoms with E-state index in [2.05, 4.69) is 21.2 Å². The Hall–Kier alpha value is -2.34. The van der Waals surface area contributed by atoms with E-state index in [1.807, 2.05) is 54.6 Å². The largest absolute Gasteiger partial charge is 0.480 e. The van der Waals surface area contributed by atoms with Crippen molar-refractivity contribution >= 4 is 28.0 Å². The van der Waals surface area contributed by atoms with E-state index in [0.717, 1.165) is 15.6 Å². The number of carbonyl (C=O) groups is 2. The normalized spacial score (nSPS) is 13.5. The van der Waals surface area contributed by atoms with E-state index in [4.69, 9.17) is 4.74 Å². The molecule has 2 unspecified atom stereocenters.